The normalized spacial score (nSPS) is 29.3. The Morgan fingerprint density at radius 2 is 1.02 bits per heavy atom. The van der Waals surface area contributed by atoms with Crippen molar-refractivity contribution in [2.24, 2.45) is 35.5 Å². The van der Waals surface area contributed by atoms with Gasteiger partial charge in [-0.05, 0) is 75.6 Å². The number of pyridine rings is 2. The van der Waals surface area contributed by atoms with E-state index in [-0.39, 0.29) is 84.0 Å². The van der Waals surface area contributed by atoms with Crippen molar-refractivity contribution in [1.82, 2.24) is 28.7 Å². The molecule has 6 aliphatic rings. The molecule has 2 N–H and O–H groups in total. The molecule has 4 fully saturated rings. The van der Waals surface area contributed by atoms with Crippen molar-refractivity contribution in [3.63, 3.8) is 0 Å². The molecule has 0 saturated carbocycles. The van der Waals surface area contributed by atoms with Gasteiger partial charge in [-0.2, -0.15) is 0 Å². The van der Waals surface area contributed by atoms with Crippen molar-refractivity contribution in [3.05, 3.63) is 79.6 Å². The number of hydrogen-bond acceptors (Lipinski definition) is 10. The Bertz CT molecular complexity index is 1890. The summed E-state index contributed by atoms with van der Waals surface area (Å²) in [7, 11) is 7.07. The van der Waals surface area contributed by atoms with Crippen LogP contribution in [-0.2, 0) is 32.2 Å². The van der Waals surface area contributed by atoms with Crippen LogP contribution >= 0.6 is 0 Å². The summed E-state index contributed by atoms with van der Waals surface area (Å²) in [6, 6.07) is 7.31. The maximum Gasteiger partial charge on any atom is 0.258 e. The number of amides is 2. The van der Waals surface area contributed by atoms with E-state index in [0.29, 0.717) is 36.1 Å². The van der Waals surface area contributed by atoms with Crippen molar-refractivity contribution in [2.45, 2.75) is 76.8 Å². The third kappa shape index (κ3) is 8.23. The first-order chi connectivity index (χ1) is 28.9. The van der Waals surface area contributed by atoms with Crippen LogP contribution in [0.15, 0.2) is 46.0 Å². The quantitative estimate of drug-likeness (QED) is 0.366. The molecule has 8 rings (SSSR count). The number of nitrogens with zero attached hydrogens (tertiary/aromatic N) is 6. The van der Waals surface area contributed by atoms with Gasteiger partial charge in [-0.3, -0.25) is 29.0 Å². The first-order valence-electron chi connectivity index (χ1n) is 22.0. The van der Waals surface area contributed by atoms with Gasteiger partial charge in [-0.15, -0.1) is 0 Å². The fourth-order valence-corrected chi connectivity index (χ4v) is 11.2. The first kappa shape index (κ1) is 44.1. The lowest BCUT2D eigenvalue weighted by molar-refractivity contribution is -0.136. The molecule has 4 bridgehead atoms. The lowest BCUT2D eigenvalue weighted by Gasteiger charge is -2.40. The van der Waals surface area contributed by atoms with Gasteiger partial charge in [-0.25, -0.2) is 0 Å². The Morgan fingerprint density at radius 3 is 1.33 bits per heavy atom. The number of carbonyl (C=O) groups excluding carboxylic acids is 2. The van der Waals surface area contributed by atoms with Crippen LogP contribution in [0.2, 0.25) is 0 Å². The second-order valence-electron chi connectivity index (χ2n) is 18.0. The highest BCUT2D eigenvalue weighted by Gasteiger charge is 2.57. The van der Waals surface area contributed by atoms with Gasteiger partial charge in [0.1, 0.15) is 0 Å². The molecule has 0 aromatic carbocycles. The lowest BCUT2D eigenvalue weighted by atomic mass is 9.86. The summed E-state index contributed by atoms with van der Waals surface area (Å²) >= 11 is 0. The molecule has 4 saturated heterocycles. The largest absolute Gasteiger partial charge is 0.396 e. The fourth-order valence-electron chi connectivity index (χ4n) is 11.2. The molecule has 6 aliphatic heterocycles. The van der Waals surface area contributed by atoms with E-state index in [4.69, 9.17) is 9.47 Å². The lowest BCUT2D eigenvalue weighted by Crippen LogP contribution is -2.48. The monoisotopic (exact) mass is 830 g/mol. The standard InChI is InChI=1S/2C23H33N3O4/c2*1-4-5-16-6-7-18-21-20(23(29)24(2)3)17(14-27)19(13-26(18)22(16)28)25(21)12-15-8-10-30-11-9-15/h2*4-7,15,17,19-21,27H,8-14H2,1-3H3/b5-4+;5-4-/t2*17-,19-,20+,21+/m00/s1. The first-order valence-corrected chi connectivity index (χ1v) is 22.0. The smallest absolute Gasteiger partial charge is 0.258 e. The molecular weight excluding hydrogens is 765 g/mol. The zero-order valence-corrected chi connectivity index (χ0v) is 36.3. The predicted molar refractivity (Wildman–Crippen MR) is 230 cm³/mol. The second-order valence-corrected chi connectivity index (χ2v) is 18.0. The van der Waals surface area contributed by atoms with Crippen LogP contribution in [0, 0.1) is 35.5 Å². The van der Waals surface area contributed by atoms with E-state index in [1.54, 1.807) is 38.0 Å². The maximum atomic E-state index is 13.2. The number of carbonyl (C=O) groups is 2. The number of aromatic nitrogens is 2. The molecule has 8 atom stereocenters. The zero-order valence-electron chi connectivity index (χ0n) is 36.3. The highest BCUT2D eigenvalue weighted by molar-refractivity contribution is 5.81. The topological polar surface area (TPSA) is 150 Å². The van der Waals surface area contributed by atoms with Crippen LogP contribution in [0.1, 0.15) is 74.1 Å². The van der Waals surface area contributed by atoms with Crippen LogP contribution in [0.25, 0.3) is 12.2 Å². The van der Waals surface area contributed by atoms with E-state index in [1.807, 2.05) is 71.6 Å². The Morgan fingerprint density at radius 1 is 0.650 bits per heavy atom. The number of fused-ring (bicyclic) bond motifs is 8. The molecule has 328 valence electrons. The highest BCUT2D eigenvalue weighted by atomic mass is 16.5. The molecule has 0 unspecified atom stereocenters. The molecule has 2 aromatic heterocycles. The molecule has 2 amide bonds. The van der Waals surface area contributed by atoms with Crippen molar-refractivity contribution in [3.8, 4) is 0 Å². The zero-order chi connectivity index (χ0) is 42.8. The van der Waals surface area contributed by atoms with Crippen LogP contribution < -0.4 is 11.1 Å². The maximum absolute atomic E-state index is 13.2. The van der Waals surface area contributed by atoms with E-state index >= 15 is 0 Å². The summed E-state index contributed by atoms with van der Waals surface area (Å²) in [5.74, 6) is -0.00260. The molecule has 0 spiro atoms. The third-order valence-electron chi connectivity index (χ3n) is 14.2. The second kappa shape index (κ2) is 19.0. The molecule has 14 heteroatoms. The molecular formula is C46H66N6O8. The highest BCUT2D eigenvalue weighted by Crippen LogP contribution is 2.51. The van der Waals surface area contributed by atoms with Crippen LogP contribution in [0.3, 0.4) is 0 Å². The summed E-state index contributed by atoms with van der Waals surface area (Å²) in [4.78, 5) is 60.8. The SMILES string of the molecule is C/C=C/c1ccc2n(c1=O)C[C@H]1[C@H](CO)[C@@H](C(=O)N(C)C)[C@@H]2N1CC1CCOCC1.C/C=C\c1ccc2n(c1=O)C[C@H]1[C@H](CO)[C@@H](C(=O)N(C)C)[C@@H]2N1CC1CCOCC1. The van der Waals surface area contributed by atoms with E-state index < -0.39 is 0 Å². The molecule has 60 heavy (non-hydrogen) atoms. The van der Waals surface area contributed by atoms with Gasteiger partial charge in [0.25, 0.3) is 11.1 Å². The molecule has 0 radical (unpaired) electrons. The van der Waals surface area contributed by atoms with Gasteiger partial charge in [0.2, 0.25) is 11.8 Å². The molecule has 14 nitrogen and oxygen atoms in total. The average Bonchev–Trinajstić information content (AvgIpc) is 3.58. The number of aliphatic hydroxyl groups is 2. The molecule has 0 aliphatic carbocycles. The minimum absolute atomic E-state index is 0.0130. The Kier molecular flexibility index (Phi) is 14.0. The van der Waals surface area contributed by atoms with E-state index in [0.717, 1.165) is 76.6 Å². The van der Waals surface area contributed by atoms with E-state index in [9.17, 15) is 29.4 Å². The van der Waals surface area contributed by atoms with Crippen LogP contribution in [0.4, 0.5) is 0 Å². The molecule has 2 aromatic rings. The van der Waals surface area contributed by atoms with Crippen LogP contribution in [-0.4, -0.2) is 144 Å². The summed E-state index contributed by atoms with van der Waals surface area (Å²) < 4.78 is 14.7. The van der Waals surface area contributed by atoms with Gasteiger partial charge in [0.15, 0.2) is 0 Å². The number of allylic oxidation sites excluding steroid dienone is 2. The van der Waals surface area contributed by atoms with Gasteiger partial charge in [0.05, 0.1) is 23.9 Å². The summed E-state index contributed by atoms with van der Waals surface area (Å²) in [6.07, 6.45) is 11.5. The Labute approximate surface area is 354 Å². The van der Waals surface area contributed by atoms with Gasteiger partial charge in [0, 0.05) is 140 Å². The number of hydrogen-bond donors (Lipinski definition) is 2. The third-order valence-corrected chi connectivity index (χ3v) is 14.2. The van der Waals surface area contributed by atoms with Crippen molar-refractivity contribution < 1.29 is 29.3 Å². The van der Waals surface area contributed by atoms with Gasteiger partial charge >= 0.3 is 0 Å². The number of aliphatic hydroxyl groups excluding tert-OH is 2. The Hall–Kier alpha value is -3.92. The summed E-state index contributed by atoms with van der Waals surface area (Å²) in [5, 5.41) is 20.6. The Balaban J connectivity index is 0.000000181. The predicted octanol–water partition coefficient (Wildman–Crippen LogP) is 2.72. The van der Waals surface area contributed by atoms with Gasteiger partial charge in [-0.1, -0.05) is 24.3 Å². The minimum atomic E-state index is -0.351. The number of ether oxygens (including phenoxy) is 2. The fraction of sp³-hybridized carbons (Fsp3) is 0.652. The van der Waals surface area contributed by atoms with E-state index in [2.05, 4.69) is 9.80 Å². The molecule has 8 heterocycles. The van der Waals surface area contributed by atoms with Gasteiger partial charge < -0.3 is 38.6 Å². The van der Waals surface area contributed by atoms with Crippen molar-refractivity contribution in [2.75, 3.05) is 80.9 Å². The summed E-state index contributed by atoms with van der Waals surface area (Å²) in [5.41, 5.74) is 3.09. The van der Waals surface area contributed by atoms with E-state index in [1.165, 1.54) is 0 Å². The number of rotatable bonds is 10. The minimum Gasteiger partial charge on any atom is -0.396 e. The van der Waals surface area contributed by atoms with Crippen molar-refractivity contribution >= 4 is 24.0 Å². The average molecular weight is 831 g/mol. The van der Waals surface area contributed by atoms with Crippen molar-refractivity contribution in [1.29, 1.82) is 0 Å². The van der Waals surface area contributed by atoms with Crippen LogP contribution in [0.5, 0.6) is 0 Å². The summed E-state index contributed by atoms with van der Waals surface area (Å²) in [6.45, 7) is 9.57.